The normalized spacial score (nSPS) is 23.7. The Labute approximate surface area is 224 Å². The number of amides is 1. The molecule has 2 heterocycles. The minimum atomic E-state index is -1.15. The fourth-order valence-electron chi connectivity index (χ4n) is 4.84. The highest BCUT2D eigenvalue weighted by molar-refractivity contribution is 5.83. The first kappa shape index (κ1) is 28.0. The lowest BCUT2D eigenvalue weighted by atomic mass is 10.1. The molecular formula is C28H39N5O5. The summed E-state index contributed by atoms with van der Waals surface area (Å²) in [6, 6.07) is 17.1. The van der Waals surface area contributed by atoms with E-state index in [-0.39, 0.29) is 19.8 Å². The molecule has 1 unspecified atom stereocenters. The second-order valence-corrected chi connectivity index (χ2v) is 9.57. The molecule has 4 N–H and O–H groups in total. The first-order chi connectivity index (χ1) is 18.6. The van der Waals surface area contributed by atoms with Crippen LogP contribution in [0.3, 0.4) is 0 Å². The minimum absolute atomic E-state index is 0.0616. The van der Waals surface area contributed by atoms with Gasteiger partial charge in [-0.1, -0.05) is 60.7 Å². The third-order valence-electron chi connectivity index (χ3n) is 6.92. The summed E-state index contributed by atoms with van der Waals surface area (Å²) in [6.45, 7) is 6.54. The molecule has 38 heavy (non-hydrogen) atoms. The lowest BCUT2D eigenvalue weighted by Crippen LogP contribution is -2.51. The number of likely N-dealkylation sites (tertiary alicyclic amines) is 1. The Hall–Kier alpha value is -3.02. The summed E-state index contributed by atoms with van der Waals surface area (Å²) in [4.78, 5) is 30.0. The number of ether oxygens (including phenoxy) is 2. The number of carbonyl (C=O) groups excluding carboxylic acids is 2. The van der Waals surface area contributed by atoms with Gasteiger partial charge in [0.2, 0.25) is 0 Å². The molecule has 2 fully saturated rings. The van der Waals surface area contributed by atoms with Gasteiger partial charge in [0.15, 0.2) is 6.04 Å². The maximum absolute atomic E-state index is 13.3. The fourth-order valence-corrected chi connectivity index (χ4v) is 4.84. The Morgan fingerprint density at radius 1 is 0.763 bits per heavy atom. The van der Waals surface area contributed by atoms with Crippen LogP contribution in [0, 0.1) is 0 Å². The number of benzene rings is 2. The molecule has 10 heteroatoms. The van der Waals surface area contributed by atoms with E-state index in [4.69, 9.17) is 9.47 Å². The quantitative estimate of drug-likeness (QED) is 0.402. The van der Waals surface area contributed by atoms with Crippen LogP contribution in [0.4, 0.5) is 4.79 Å². The molecule has 0 saturated carbocycles. The van der Waals surface area contributed by atoms with E-state index in [0.717, 1.165) is 50.4 Å². The molecule has 0 spiro atoms. The van der Waals surface area contributed by atoms with E-state index in [1.165, 1.54) is 4.90 Å². The van der Waals surface area contributed by atoms with Gasteiger partial charge in [-0.05, 0) is 11.1 Å². The molecule has 206 valence electrons. The van der Waals surface area contributed by atoms with Gasteiger partial charge < -0.3 is 30.5 Å². The molecule has 2 saturated heterocycles. The third kappa shape index (κ3) is 7.99. The van der Waals surface area contributed by atoms with Crippen molar-refractivity contribution in [1.82, 2.24) is 25.8 Å². The molecule has 10 nitrogen and oxygen atoms in total. The predicted molar refractivity (Wildman–Crippen MR) is 143 cm³/mol. The van der Waals surface area contributed by atoms with Crippen LogP contribution in [0.2, 0.25) is 0 Å². The van der Waals surface area contributed by atoms with E-state index in [1.807, 2.05) is 60.7 Å². The van der Waals surface area contributed by atoms with Crippen molar-refractivity contribution in [3.63, 3.8) is 0 Å². The Bertz CT molecular complexity index is 984. The number of carbonyl (C=O) groups is 2. The van der Waals surface area contributed by atoms with Gasteiger partial charge in [0, 0.05) is 58.9 Å². The van der Waals surface area contributed by atoms with Gasteiger partial charge in [0.1, 0.15) is 19.3 Å². The van der Waals surface area contributed by atoms with Crippen LogP contribution < -0.4 is 16.0 Å². The number of aliphatic hydroxyl groups is 1. The maximum atomic E-state index is 13.3. The van der Waals surface area contributed by atoms with Gasteiger partial charge in [-0.15, -0.1) is 0 Å². The Kier molecular flexibility index (Phi) is 10.9. The summed E-state index contributed by atoms with van der Waals surface area (Å²) in [7, 11) is 0. The number of aliphatic hydroxyl groups excluding tert-OH is 1. The molecule has 2 aromatic rings. The molecule has 0 aliphatic carbocycles. The van der Waals surface area contributed by atoms with Gasteiger partial charge in [-0.3, -0.25) is 9.80 Å². The van der Waals surface area contributed by atoms with Gasteiger partial charge in [0.05, 0.1) is 6.04 Å². The van der Waals surface area contributed by atoms with Gasteiger partial charge in [0.25, 0.3) is 0 Å². The standard InChI is InChI=1S/C28H39N5O5/c34-26-24(32-17-15-30-13-11-29-12-14-31-16-18-32)19-33(28(36)38-21-23-9-5-2-6-10-23)25(26)27(35)37-20-22-7-3-1-4-8-22/h1-10,24-26,29-31,34H,11-21H2/t24?,25-,26+/m1/s1. The zero-order valence-electron chi connectivity index (χ0n) is 21.8. The Morgan fingerprint density at radius 2 is 1.26 bits per heavy atom. The Morgan fingerprint density at radius 3 is 1.82 bits per heavy atom. The van der Waals surface area contributed by atoms with E-state index in [2.05, 4.69) is 20.9 Å². The second kappa shape index (κ2) is 14.8. The first-order valence-electron chi connectivity index (χ1n) is 13.4. The molecule has 2 aliphatic heterocycles. The van der Waals surface area contributed by atoms with E-state index in [9.17, 15) is 14.7 Å². The Balaban J connectivity index is 1.47. The summed E-state index contributed by atoms with van der Waals surface area (Å²) in [5.74, 6) is -0.641. The van der Waals surface area contributed by atoms with Crippen LogP contribution in [0.5, 0.6) is 0 Å². The molecule has 2 aliphatic rings. The lowest BCUT2D eigenvalue weighted by molar-refractivity contribution is -0.153. The van der Waals surface area contributed by atoms with Crippen molar-refractivity contribution in [2.24, 2.45) is 0 Å². The fraction of sp³-hybridized carbons (Fsp3) is 0.500. The van der Waals surface area contributed by atoms with Crippen molar-refractivity contribution < 1.29 is 24.2 Å². The molecule has 0 radical (unpaired) electrons. The molecular weight excluding hydrogens is 486 g/mol. The topological polar surface area (TPSA) is 115 Å². The van der Waals surface area contributed by atoms with Crippen LogP contribution in [-0.4, -0.2) is 104 Å². The lowest BCUT2D eigenvalue weighted by Gasteiger charge is -2.31. The molecule has 3 atom stereocenters. The monoisotopic (exact) mass is 525 g/mol. The SMILES string of the molecule is O=C(OCc1ccccc1)[C@H]1[C@@H](O)C(N2CCNCCNCCNCC2)CN1C(=O)OCc1ccccc1. The first-order valence-corrected chi connectivity index (χ1v) is 13.4. The van der Waals surface area contributed by atoms with Crippen LogP contribution >= 0.6 is 0 Å². The highest BCUT2D eigenvalue weighted by Gasteiger charge is 2.50. The molecule has 0 bridgehead atoms. The number of hydrogen-bond donors (Lipinski definition) is 4. The second-order valence-electron chi connectivity index (χ2n) is 9.57. The minimum Gasteiger partial charge on any atom is -0.459 e. The number of nitrogens with one attached hydrogen (secondary N) is 3. The summed E-state index contributed by atoms with van der Waals surface area (Å²) in [6.07, 6.45) is -1.76. The molecule has 0 aromatic heterocycles. The van der Waals surface area contributed by atoms with E-state index < -0.39 is 30.3 Å². The summed E-state index contributed by atoms with van der Waals surface area (Å²) in [5.41, 5.74) is 1.67. The van der Waals surface area contributed by atoms with Gasteiger partial charge in [-0.25, -0.2) is 9.59 Å². The number of rotatable bonds is 6. The van der Waals surface area contributed by atoms with Crippen molar-refractivity contribution in [2.75, 3.05) is 58.9 Å². The summed E-state index contributed by atoms with van der Waals surface area (Å²) >= 11 is 0. The van der Waals surface area contributed by atoms with Crippen molar-refractivity contribution in [3.05, 3.63) is 71.8 Å². The average molecular weight is 526 g/mol. The van der Waals surface area contributed by atoms with E-state index in [1.54, 1.807) is 0 Å². The zero-order valence-corrected chi connectivity index (χ0v) is 21.8. The summed E-state index contributed by atoms with van der Waals surface area (Å²) in [5, 5.41) is 21.6. The highest BCUT2D eigenvalue weighted by atomic mass is 16.6. The zero-order chi connectivity index (χ0) is 26.6. The van der Waals surface area contributed by atoms with Gasteiger partial charge >= 0.3 is 12.1 Å². The number of esters is 1. The predicted octanol–water partition coefficient (Wildman–Crippen LogP) is 0.565. The molecule has 2 aromatic carbocycles. The molecule has 1 amide bonds. The molecule has 4 rings (SSSR count). The maximum Gasteiger partial charge on any atom is 0.410 e. The van der Waals surface area contributed by atoms with Crippen LogP contribution in [0.1, 0.15) is 11.1 Å². The van der Waals surface area contributed by atoms with Crippen LogP contribution in [0.15, 0.2) is 60.7 Å². The smallest absolute Gasteiger partial charge is 0.410 e. The summed E-state index contributed by atoms with van der Waals surface area (Å²) < 4.78 is 11.1. The van der Waals surface area contributed by atoms with Crippen molar-refractivity contribution in [3.8, 4) is 0 Å². The van der Waals surface area contributed by atoms with Crippen LogP contribution in [-0.2, 0) is 27.5 Å². The third-order valence-corrected chi connectivity index (χ3v) is 6.92. The van der Waals surface area contributed by atoms with Crippen molar-refractivity contribution in [1.29, 1.82) is 0 Å². The van der Waals surface area contributed by atoms with Gasteiger partial charge in [-0.2, -0.15) is 0 Å². The largest absolute Gasteiger partial charge is 0.459 e. The number of hydrogen-bond acceptors (Lipinski definition) is 9. The average Bonchev–Trinajstić information content (AvgIpc) is 3.29. The van der Waals surface area contributed by atoms with E-state index in [0.29, 0.717) is 13.1 Å². The van der Waals surface area contributed by atoms with Crippen LogP contribution in [0.25, 0.3) is 0 Å². The van der Waals surface area contributed by atoms with Crippen molar-refractivity contribution >= 4 is 12.1 Å². The van der Waals surface area contributed by atoms with Crippen molar-refractivity contribution in [2.45, 2.75) is 31.4 Å². The van der Waals surface area contributed by atoms with E-state index >= 15 is 0 Å². The highest BCUT2D eigenvalue weighted by Crippen LogP contribution is 2.26. The number of nitrogens with zero attached hydrogens (tertiary/aromatic N) is 2.